The van der Waals surface area contributed by atoms with Gasteiger partial charge in [0.25, 0.3) is 0 Å². The molecule has 0 saturated carbocycles. The Kier molecular flexibility index (Phi) is 4.75. The number of nitrogens with one attached hydrogen (secondary N) is 1. The normalized spacial score (nSPS) is 22.5. The molecule has 132 valence electrons. The first kappa shape index (κ1) is 17.4. The number of aryl methyl sites for hydroxylation is 1. The number of hydrogen-bond donors (Lipinski definition) is 1. The summed E-state index contributed by atoms with van der Waals surface area (Å²) in [4.78, 5) is 38.6. The molecule has 0 aromatic heterocycles. The van der Waals surface area contributed by atoms with Crippen molar-refractivity contribution in [2.45, 2.75) is 39.5 Å². The van der Waals surface area contributed by atoms with Crippen LogP contribution in [0.25, 0.3) is 0 Å². The van der Waals surface area contributed by atoms with Crippen molar-refractivity contribution in [3.63, 3.8) is 0 Å². The SMILES string of the molecule is Cc1cccc(C(C)C)c1NC(=O)CN1C(=O)[C@@H]2CC=CC[C@H]2C1=O. The van der Waals surface area contributed by atoms with E-state index >= 15 is 0 Å². The number of allylic oxidation sites excluding steroid dienone is 2. The summed E-state index contributed by atoms with van der Waals surface area (Å²) < 4.78 is 0. The first-order valence-electron chi connectivity index (χ1n) is 8.79. The third-order valence-electron chi connectivity index (χ3n) is 5.09. The van der Waals surface area contributed by atoms with Crippen molar-refractivity contribution in [3.8, 4) is 0 Å². The molecule has 1 heterocycles. The van der Waals surface area contributed by atoms with Crippen LogP contribution in [0.2, 0.25) is 0 Å². The van der Waals surface area contributed by atoms with E-state index in [0.29, 0.717) is 12.8 Å². The third kappa shape index (κ3) is 3.23. The Labute approximate surface area is 148 Å². The molecule has 5 nitrogen and oxygen atoms in total. The van der Waals surface area contributed by atoms with Crippen molar-refractivity contribution in [2.24, 2.45) is 11.8 Å². The number of likely N-dealkylation sites (tertiary alicyclic amines) is 1. The van der Waals surface area contributed by atoms with Crippen molar-refractivity contribution in [3.05, 3.63) is 41.5 Å². The summed E-state index contributed by atoms with van der Waals surface area (Å²) in [5, 5.41) is 2.91. The number of para-hydroxylation sites is 1. The Morgan fingerprint density at radius 3 is 2.32 bits per heavy atom. The summed E-state index contributed by atoms with van der Waals surface area (Å²) in [6.45, 7) is 5.86. The van der Waals surface area contributed by atoms with Crippen molar-refractivity contribution in [2.75, 3.05) is 11.9 Å². The van der Waals surface area contributed by atoms with E-state index < -0.39 is 0 Å². The van der Waals surface area contributed by atoms with Crippen LogP contribution in [0, 0.1) is 18.8 Å². The zero-order valence-electron chi connectivity index (χ0n) is 14.9. The average molecular weight is 340 g/mol. The second-order valence-corrected chi connectivity index (χ2v) is 7.16. The van der Waals surface area contributed by atoms with Gasteiger partial charge in [-0.25, -0.2) is 0 Å². The molecule has 1 fully saturated rings. The Morgan fingerprint density at radius 2 is 1.76 bits per heavy atom. The van der Waals surface area contributed by atoms with Gasteiger partial charge in [-0.1, -0.05) is 44.2 Å². The van der Waals surface area contributed by atoms with E-state index in [1.165, 1.54) is 0 Å². The van der Waals surface area contributed by atoms with Gasteiger partial charge in [0.05, 0.1) is 11.8 Å². The quantitative estimate of drug-likeness (QED) is 0.677. The molecule has 1 aliphatic heterocycles. The Hall–Kier alpha value is -2.43. The fourth-order valence-corrected chi connectivity index (χ4v) is 3.69. The number of carbonyl (C=O) groups excluding carboxylic acids is 3. The second-order valence-electron chi connectivity index (χ2n) is 7.16. The lowest BCUT2D eigenvalue weighted by molar-refractivity contribution is -0.142. The van der Waals surface area contributed by atoms with E-state index in [1.807, 2.05) is 37.3 Å². The molecule has 3 amide bonds. The van der Waals surface area contributed by atoms with Crippen LogP contribution in [0.4, 0.5) is 5.69 Å². The number of anilines is 1. The van der Waals surface area contributed by atoms with Crippen LogP contribution in [0.3, 0.4) is 0 Å². The number of rotatable bonds is 4. The number of imide groups is 1. The minimum absolute atomic E-state index is 0.212. The summed E-state index contributed by atoms with van der Waals surface area (Å²) in [5.41, 5.74) is 2.79. The van der Waals surface area contributed by atoms with Gasteiger partial charge in [0, 0.05) is 5.69 Å². The van der Waals surface area contributed by atoms with E-state index in [-0.39, 0.29) is 42.0 Å². The average Bonchev–Trinajstić information content (AvgIpc) is 2.82. The van der Waals surface area contributed by atoms with E-state index in [4.69, 9.17) is 0 Å². The number of hydrogen-bond acceptors (Lipinski definition) is 3. The molecule has 1 saturated heterocycles. The van der Waals surface area contributed by atoms with Crippen LogP contribution in [-0.2, 0) is 14.4 Å². The molecule has 1 aromatic rings. The van der Waals surface area contributed by atoms with Crippen molar-refractivity contribution in [1.29, 1.82) is 0 Å². The van der Waals surface area contributed by atoms with Gasteiger partial charge < -0.3 is 5.32 Å². The Balaban J connectivity index is 1.74. The molecule has 0 unspecified atom stereocenters. The van der Waals surface area contributed by atoms with Gasteiger partial charge in [-0.2, -0.15) is 0 Å². The van der Waals surface area contributed by atoms with Crippen LogP contribution in [0.1, 0.15) is 43.7 Å². The standard InChI is InChI=1S/C20H24N2O3/c1-12(2)14-10-6-7-13(3)18(14)21-17(23)11-22-19(24)15-8-4-5-9-16(15)20(22)25/h4-7,10,12,15-16H,8-9,11H2,1-3H3,(H,21,23)/t15-,16-/m1/s1. The Morgan fingerprint density at radius 1 is 1.16 bits per heavy atom. The molecule has 1 aromatic carbocycles. The minimum Gasteiger partial charge on any atom is -0.324 e. The van der Waals surface area contributed by atoms with Gasteiger partial charge >= 0.3 is 0 Å². The lowest BCUT2D eigenvalue weighted by atomic mass is 9.85. The fourth-order valence-electron chi connectivity index (χ4n) is 3.69. The first-order valence-corrected chi connectivity index (χ1v) is 8.79. The predicted molar refractivity (Wildman–Crippen MR) is 96.0 cm³/mol. The maximum atomic E-state index is 12.5. The summed E-state index contributed by atoms with van der Waals surface area (Å²) in [7, 11) is 0. The van der Waals surface area contributed by atoms with Crippen LogP contribution >= 0.6 is 0 Å². The molecule has 0 radical (unpaired) electrons. The van der Waals surface area contributed by atoms with E-state index in [0.717, 1.165) is 21.7 Å². The molecule has 1 N–H and O–H groups in total. The lowest BCUT2D eigenvalue weighted by Gasteiger charge is -2.19. The summed E-state index contributed by atoms with van der Waals surface area (Å²) in [6.07, 6.45) is 5.06. The number of carbonyl (C=O) groups is 3. The van der Waals surface area contributed by atoms with Gasteiger partial charge in [-0.3, -0.25) is 19.3 Å². The molecule has 3 rings (SSSR count). The van der Waals surface area contributed by atoms with E-state index in [1.54, 1.807) is 0 Å². The fraction of sp³-hybridized carbons (Fsp3) is 0.450. The molecule has 2 atom stereocenters. The molecular formula is C20H24N2O3. The van der Waals surface area contributed by atoms with Crippen LogP contribution < -0.4 is 5.32 Å². The minimum atomic E-state index is -0.329. The zero-order chi connectivity index (χ0) is 18.1. The highest BCUT2D eigenvalue weighted by atomic mass is 16.2. The van der Waals surface area contributed by atoms with Gasteiger partial charge in [-0.05, 0) is 36.8 Å². The molecule has 1 aliphatic carbocycles. The van der Waals surface area contributed by atoms with Crippen molar-refractivity contribution >= 4 is 23.4 Å². The lowest BCUT2D eigenvalue weighted by Crippen LogP contribution is -2.38. The maximum Gasteiger partial charge on any atom is 0.244 e. The van der Waals surface area contributed by atoms with Crippen molar-refractivity contribution in [1.82, 2.24) is 4.90 Å². The number of fused-ring (bicyclic) bond motifs is 1. The first-order chi connectivity index (χ1) is 11.9. The molecule has 2 aliphatic rings. The highest BCUT2D eigenvalue weighted by Gasteiger charge is 2.47. The summed E-state index contributed by atoms with van der Waals surface area (Å²) in [5.74, 6) is -1.10. The van der Waals surface area contributed by atoms with Gasteiger partial charge in [-0.15, -0.1) is 0 Å². The van der Waals surface area contributed by atoms with Gasteiger partial charge in [0.15, 0.2) is 0 Å². The molecule has 0 bridgehead atoms. The monoisotopic (exact) mass is 340 g/mol. The molecular weight excluding hydrogens is 316 g/mol. The van der Waals surface area contributed by atoms with Gasteiger partial charge in [0.1, 0.15) is 6.54 Å². The molecule has 5 heteroatoms. The second kappa shape index (κ2) is 6.82. The third-order valence-corrected chi connectivity index (χ3v) is 5.09. The van der Waals surface area contributed by atoms with Crippen LogP contribution in [-0.4, -0.2) is 29.2 Å². The largest absolute Gasteiger partial charge is 0.324 e. The summed E-state index contributed by atoms with van der Waals surface area (Å²) in [6, 6.07) is 5.89. The van der Waals surface area contributed by atoms with E-state index in [9.17, 15) is 14.4 Å². The number of benzene rings is 1. The zero-order valence-corrected chi connectivity index (χ0v) is 14.9. The van der Waals surface area contributed by atoms with E-state index in [2.05, 4.69) is 19.2 Å². The highest BCUT2D eigenvalue weighted by molar-refractivity contribution is 6.09. The highest BCUT2D eigenvalue weighted by Crippen LogP contribution is 2.35. The Bertz CT molecular complexity index is 725. The van der Waals surface area contributed by atoms with Crippen LogP contribution in [0.5, 0.6) is 0 Å². The predicted octanol–water partition coefficient (Wildman–Crippen LogP) is 3.01. The number of amides is 3. The smallest absolute Gasteiger partial charge is 0.244 e. The van der Waals surface area contributed by atoms with Gasteiger partial charge in [0.2, 0.25) is 17.7 Å². The topological polar surface area (TPSA) is 66.5 Å². The van der Waals surface area contributed by atoms with Crippen molar-refractivity contribution < 1.29 is 14.4 Å². The maximum absolute atomic E-state index is 12.5. The molecule has 0 spiro atoms. The van der Waals surface area contributed by atoms with Crippen LogP contribution in [0.15, 0.2) is 30.4 Å². The molecule has 25 heavy (non-hydrogen) atoms. The summed E-state index contributed by atoms with van der Waals surface area (Å²) >= 11 is 0. The number of nitrogens with zero attached hydrogens (tertiary/aromatic N) is 1.